The van der Waals surface area contributed by atoms with Crippen LogP contribution in [-0.4, -0.2) is 11.6 Å². The summed E-state index contributed by atoms with van der Waals surface area (Å²) in [6.45, 7) is 8.25. The van der Waals surface area contributed by atoms with Crippen molar-refractivity contribution in [1.82, 2.24) is 0 Å². The zero-order valence-corrected chi connectivity index (χ0v) is 14.5. The van der Waals surface area contributed by atoms with Crippen LogP contribution in [0.3, 0.4) is 0 Å². The minimum atomic E-state index is -0.250. The van der Waals surface area contributed by atoms with E-state index in [1.807, 2.05) is 13.0 Å². The molecule has 0 amide bonds. The fourth-order valence-electron chi connectivity index (χ4n) is 2.47. The predicted octanol–water partition coefficient (Wildman–Crippen LogP) is 6.33. The number of fused-ring (bicyclic) bond motifs is 1. The number of rotatable bonds is 6. The first-order valence-electron chi connectivity index (χ1n) is 8.26. The first-order chi connectivity index (χ1) is 11.7. The van der Waals surface area contributed by atoms with Crippen molar-refractivity contribution in [2.75, 3.05) is 0 Å². The van der Waals surface area contributed by atoms with Gasteiger partial charge in [-0.15, -0.1) is 0 Å². The predicted molar refractivity (Wildman–Crippen MR) is 105 cm³/mol. The Hall–Kier alpha value is -2.61. The van der Waals surface area contributed by atoms with Crippen LogP contribution in [0.15, 0.2) is 61.2 Å². The monoisotopic (exact) mass is 322 g/mol. The number of carboxylic acid groups (broad SMARTS) is 1. The van der Waals surface area contributed by atoms with Crippen LogP contribution in [0.2, 0.25) is 0 Å². The Kier molecular flexibility index (Phi) is 8.91. The molecule has 0 atom stereocenters. The van der Waals surface area contributed by atoms with E-state index in [2.05, 4.69) is 68.1 Å². The molecule has 0 bridgehead atoms. The summed E-state index contributed by atoms with van der Waals surface area (Å²) in [4.78, 5) is 8.36. The van der Waals surface area contributed by atoms with E-state index in [9.17, 15) is 0 Å². The first kappa shape index (κ1) is 19.4. The third kappa shape index (κ3) is 5.88. The SMILES string of the molecule is C=C(CCCC)c1ccc2cccc(/C=C\C=C\C)c2c1.O=CO. The highest BCUT2D eigenvalue weighted by Crippen LogP contribution is 2.26. The van der Waals surface area contributed by atoms with Gasteiger partial charge in [0, 0.05) is 0 Å². The van der Waals surface area contributed by atoms with Crippen LogP contribution in [0.5, 0.6) is 0 Å². The number of hydrogen-bond acceptors (Lipinski definition) is 1. The smallest absolute Gasteiger partial charge is 0.290 e. The molecule has 0 unspecified atom stereocenters. The maximum Gasteiger partial charge on any atom is 0.290 e. The molecule has 126 valence electrons. The number of benzene rings is 2. The maximum absolute atomic E-state index is 8.36. The van der Waals surface area contributed by atoms with Gasteiger partial charge in [0.15, 0.2) is 0 Å². The number of allylic oxidation sites excluding steroid dienone is 4. The van der Waals surface area contributed by atoms with Gasteiger partial charge in [-0.1, -0.05) is 74.6 Å². The van der Waals surface area contributed by atoms with Crippen LogP contribution in [0.4, 0.5) is 0 Å². The van der Waals surface area contributed by atoms with Gasteiger partial charge in [-0.3, -0.25) is 4.79 Å². The molecule has 0 saturated heterocycles. The minimum absolute atomic E-state index is 0.250. The van der Waals surface area contributed by atoms with E-state index in [1.54, 1.807) is 0 Å². The summed E-state index contributed by atoms with van der Waals surface area (Å²) >= 11 is 0. The van der Waals surface area contributed by atoms with Crippen molar-refractivity contribution in [2.24, 2.45) is 0 Å². The molecular weight excluding hydrogens is 296 g/mol. The van der Waals surface area contributed by atoms with Crippen molar-refractivity contribution in [3.8, 4) is 0 Å². The Morgan fingerprint density at radius 2 is 1.96 bits per heavy atom. The van der Waals surface area contributed by atoms with Crippen molar-refractivity contribution < 1.29 is 9.90 Å². The van der Waals surface area contributed by atoms with Gasteiger partial charge in [-0.2, -0.15) is 0 Å². The molecule has 1 N–H and O–H groups in total. The number of hydrogen-bond donors (Lipinski definition) is 1. The van der Waals surface area contributed by atoms with Gasteiger partial charge in [0.1, 0.15) is 0 Å². The highest BCUT2D eigenvalue weighted by molar-refractivity contribution is 5.93. The molecule has 0 aliphatic heterocycles. The second-order valence-electron chi connectivity index (χ2n) is 5.48. The summed E-state index contributed by atoms with van der Waals surface area (Å²) in [5.74, 6) is 0. The van der Waals surface area contributed by atoms with Crippen molar-refractivity contribution in [3.63, 3.8) is 0 Å². The van der Waals surface area contributed by atoms with Crippen LogP contribution < -0.4 is 0 Å². The summed E-state index contributed by atoms with van der Waals surface area (Å²) in [6, 6.07) is 13.1. The summed E-state index contributed by atoms with van der Waals surface area (Å²) in [6.07, 6.45) is 11.9. The van der Waals surface area contributed by atoms with Crippen LogP contribution in [0.1, 0.15) is 44.2 Å². The van der Waals surface area contributed by atoms with Crippen molar-refractivity contribution >= 4 is 28.9 Å². The number of unbranched alkanes of at least 4 members (excludes halogenated alkanes) is 1. The molecule has 0 aliphatic carbocycles. The second-order valence-corrected chi connectivity index (χ2v) is 5.48. The summed E-state index contributed by atoms with van der Waals surface area (Å²) in [5.41, 5.74) is 3.77. The lowest BCUT2D eigenvalue weighted by Crippen LogP contribution is -1.86. The normalized spacial score (nSPS) is 10.8. The van der Waals surface area contributed by atoms with Crippen LogP contribution in [-0.2, 0) is 4.79 Å². The highest BCUT2D eigenvalue weighted by Gasteiger charge is 2.03. The molecule has 2 nitrogen and oxygen atoms in total. The molecule has 0 aromatic heterocycles. The molecule has 0 radical (unpaired) electrons. The molecule has 0 saturated carbocycles. The molecule has 24 heavy (non-hydrogen) atoms. The van der Waals surface area contributed by atoms with Crippen LogP contribution in [0.25, 0.3) is 22.4 Å². The van der Waals surface area contributed by atoms with E-state index in [4.69, 9.17) is 9.90 Å². The summed E-state index contributed by atoms with van der Waals surface area (Å²) in [7, 11) is 0. The Balaban J connectivity index is 0.000000891. The molecule has 2 aromatic carbocycles. The van der Waals surface area contributed by atoms with Gasteiger partial charge in [-0.25, -0.2) is 0 Å². The van der Waals surface area contributed by atoms with Gasteiger partial charge in [0.05, 0.1) is 0 Å². The fourth-order valence-corrected chi connectivity index (χ4v) is 2.47. The van der Waals surface area contributed by atoms with E-state index in [1.165, 1.54) is 40.3 Å². The summed E-state index contributed by atoms with van der Waals surface area (Å²) < 4.78 is 0. The van der Waals surface area contributed by atoms with E-state index < -0.39 is 0 Å². The molecule has 0 fully saturated rings. The Morgan fingerprint density at radius 3 is 2.62 bits per heavy atom. The topological polar surface area (TPSA) is 37.3 Å². The zero-order valence-electron chi connectivity index (χ0n) is 14.5. The van der Waals surface area contributed by atoms with E-state index in [0.29, 0.717) is 0 Å². The zero-order chi connectivity index (χ0) is 17.8. The summed E-state index contributed by atoms with van der Waals surface area (Å²) in [5, 5.41) is 9.47. The standard InChI is InChI=1S/C21H24.CH2O2/c1-4-6-8-11-18-12-9-13-19-14-15-20(16-21(18)19)17(3)10-7-5-2;2-1-3/h4,6,8-9,11-16H,3,5,7,10H2,1-2H3;1H,(H,2,3)/b6-4+,11-8-;. The second kappa shape index (κ2) is 11.0. The fraction of sp³-hybridized carbons (Fsp3) is 0.227. The van der Waals surface area contributed by atoms with Gasteiger partial charge in [-0.05, 0) is 53.3 Å². The van der Waals surface area contributed by atoms with Gasteiger partial charge < -0.3 is 5.11 Å². The lowest BCUT2D eigenvalue weighted by molar-refractivity contribution is -0.122. The molecule has 2 heteroatoms. The Morgan fingerprint density at radius 1 is 1.21 bits per heavy atom. The quantitative estimate of drug-likeness (QED) is 0.498. The number of carbonyl (C=O) groups is 1. The van der Waals surface area contributed by atoms with Crippen LogP contribution >= 0.6 is 0 Å². The maximum atomic E-state index is 8.36. The average molecular weight is 322 g/mol. The van der Waals surface area contributed by atoms with Crippen LogP contribution in [0, 0.1) is 0 Å². The van der Waals surface area contributed by atoms with Gasteiger partial charge >= 0.3 is 0 Å². The molecule has 0 aliphatic rings. The average Bonchev–Trinajstić information content (AvgIpc) is 2.60. The lowest BCUT2D eigenvalue weighted by atomic mass is 9.96. The van der Waals surface area contributed by atoms with Crippen molar-refractivity contribution in [3.05, 3.63) is 72.3 Å². The van der Waals surface area contributed by atoms with Gasteiger partial charge in [0.2, 0.25) is 0 Å². The first-order valence-corrected chi connectivity index (χ1v) is 8.26. The third-order valence-corrected chi connectivity index (χ3v) is 3.74. The van der Waals surface area contributed by atoms with E-state index in [-0.39, 0.29) is 6.47 Å². The minimum Gasteiger partial charge on any atom is -0.483 e. The van der Waals surface area contributed by atoms with E-state index >= 15 is 0 Å². The lowest BCUT2D eigenvalue weighted by Gasteiger charge is -2.09. The molecular formula is C22H26O2. The highest BCUT2D eigenvalue weighted by atomic mass is 16.3. The molecule has 0 heterocycles. The van der Waals surface area contributed by atoms with Crippen molar-refractivity contribution in [2.45, 2.75) is 33.1 Å². The largest absolute Gasteiger partial charge is 0.483 e. The molecule has 0 spiro atoms. The van der Waals surface area contributed by atoms with Gasteiger partial charge in [0.25, 0.3) is 6.47 Å². The Bertz CT molecular complexity index is 724. The van der Waals surface area contributed by atoms with E-state index in [0.717, 1.165) is 6.42 Å². The molecule has 2 rings (SSSR count). The van der Waals surface area contributed by atoms with Crippen molar-refractivity contribution in [1.29, 1.82) is 0 Å². The third-order valence-electron chi connectivity index (χ3n) is 3.74. The molecule has 2 aromatic rings. The Labute approximate surface area is 144 Å².